The predicted molar refractivity (Wildman–Crippen MR) is 72.0 cm³/mol. The van der Waals surface area contributed by atoms with Gasteiger partial charge in [-0.25, -0.2) is 0 Å². The number of rotatable bonds is 9. The highest BCUT2D eigenvalue weighted by Crippen LogP contribution is 1.97. The van der Waals surface area contributed by atoms with Gasteiger partial charge in [-0.2, -0.15) is 5.10 Å². The van der Waals surface area contributed by atoms with Gasteiger partial charge in [-0.05, 0) is 39.5 Å². The number of nitrogens with zero attached hydrogens (tertiary/aromatic N) is 3. The third-order valence-electron chi connectivity index (χ3n) is 3.06. The molecule has 1 aromatic heterocycles. The van der Waals surface area contributed by atoms with Gasteiger partial charge in [-0.1, -0.05) is 13.8 Å². The molecule has 0 saturated carbocycles. The first kappa shape index (κ1) is 14.2. The van der Waals surface area contributed by atoms with E-state index in [0.717, 1.165) is 32.7 Å². The molecule has 0 aliphatic heterocycles. The van der Waals surface area contributed by atoms with Gasteiger partial charge in [0.2, 0.25) is 0 Å². The minimum absolute atomic E-state index is 0.929. The van der Waals surface area contributed by atoms with E-state index in [-0.39, 0.29) is 0 Å². The van der Waals surface area contributed by atoms with E-state index < -0.39 is 0 Å². The van der Waals surface area contributed by atoms with Crippen molar-refractivity contribution < 1.29 is 0 Å². The van der Waals surface area contributed by atoms with E-state index in [0.29, 0.717) is 0 Å². The first-order chi connectivity index (χ1) is 8.30. The van der Waals surface area contributed by atoms with Crippen molar-refractivity contribution in [2.75, 3.05) is 26.2 Å². The summed E-state index contributed by atoms with van der Waals surface area (Å²) < 4.78 is 1.97. The summed E-state index contributed by atoms with van der Waals surface area (Å²) in [7, 11) is 0. The Balaban J connectivity index is 2.07. The van der Waals surface area contributed by atoms with Crippen LogP contribution in [0.3, 0.4) is 0 Å². The van der Waals surface area contributed by atoms with Crippen LogP contribution in [0.1, 0.15) is 32.8 Å². The fraction of sp³-hybridized carbons (Fsp3) is 0.769. The summed E-state index contributed by atoms with van der Waals surface area (Å²) in [6.07, 6.45) is 5.27. The van der Waals surface area contributed by atoms with Crippen LogP contribution in [-0.2, 0) is 13.1 Å². The maximum absolute atomic E-state index is 4.26. The average molecular weight is 238 g/mol. The van der Waals surface area contributed by atoms with Crippen molar-refractivity contribution >= 4 is 0 Å². The highest BCUT2D eigenvalue weighted by Gasteiger charge is 1.99. The Bertz CT molecular complexity index is 291. The number of nitrogens with one attached hydrogen (secondary N) is 1. The zero-order chi connectivity index (χ0) is 12.5. The van der Waals surface area contributed by atoms with Crippen LogP contribution in [0.15, 0.2) is 12.4 Å². The minimum atomic E-state index is 0.929. The lowest BCUT2D eigenvalue weighted by atomic mass is 10.3. The Morgan fingerprint density at radius 2 is 2.06 bits per heavy atom. The van der Waals surface area contributed by atoms with Gasteiger partial charge < -0.3 is 10.2 Å². The molecule has 1 aromatic rings. The van der Waals surface area contributed by atoms with Crippen molar-refractivity contribution in [2.24, 2.45) is 0 Å². The molecule has 0 bridgehead atoms. The van der Waals surface area contributed by atoms with Gasteiger partial charge in [-0.15, -0.1) is 0 Å². The minimum Gasteiger partial charge on any atom is -0.313 e. The molecule has 0 aliphatic carbocycles. The summed E-state index contributed by atoms with van der Waals surface area (Å²) in [5, 5.41) is 7.72. The maximum Gasteiger partial charge on any atom is 0.0534 e. The van der Waals surface area contributed by atoms with Crippen molar-refractivity contribution in [3.8, 4) is 0 Å². The summed E-state index contributed by atoms with van der Waals surface area (Å²) >= 11 is 0. The molecule has 0 unspecified atom stereocenters. The summed E-state index contributed by atoms with van der Waals surface area (Å²) in [5.41, 5.74) is 1.27. The molecular weight excluding hydrogens is 212 g/mol. The summed E-state index contributed by atoms with van der Waals surface area (Å²) in [6, 6.07) is 0. The number of aromatic nitrogens is 2. The molecule has 4 heteroatoms. The van der Waals surface area contributed by atoms with Crippen LogP contribution in [0.25, 0.3) is 0 Å². The zero-order valence-corrected chi connectivity index (χ0v) is 11.4. The fourth-order valence-electron chi connectivity index (χ4n) is 1.87. The molecule has 0 spiro atoms. The third kappa shape index (κ3) is 5.33. The molecule has 98 valence electrons. The lowest BCUT2D eigenvalue weighted by molar-refractivity contribution is 0.298. The zero-order valence-electron chi connectivity index (χ0n) is 11.4. The van der Waals surface area contributed by atoms with Gasteiger partial charge in [0.15, 0.2) is 0 Å². The molecule has 1 rings (SSSR count). The first-order valence-electron chi connectivity index (χ1n) is 6.74. The molecule has 4 nitrogen and oxygen atoms in total. The molecule has 0 aliphatic rings. The topological polar surface area (TPSA) is 33.1 Å². The maximum atomic E-state index is 4.26. The largest absolute Gasteiger partial charge is 0.313 e. The smallest absolute Gasteiger partial charge is 0.0534 e. The van der Waals surface area contributed by atoms with E-state index in [1.54, 1.807) is 0 Å². The Morgan fingerprint density at radius 3 is 2.65 bits per heavy atom. The van der Waals surface area contributed by atoms with Crippen LogP contribution in [-0.4, -0.2) is 40.9 Å². The fourth-order valence-corrected chi connectivity index (χ4v) is 1.87. The van der Waals surface area contributed by atoms with Crippen LogP contribution < -0.4 is 5.32 Å². The van der Waals surface area contributed by atoms with Crippen molar-refractivity contribution in [1.82, 2.24) is 20.0 Å². The molecule has 0 fully saturated rings. The van der Waals surface area contributed by atoms with Crippen LogP contribution in [0.2, 0.25) is 0 Å². The van der Waals surface area contributed by atoms with Crippen molar-refractivity contribution in [3.05, 3.63) is 18.0 Å². The van der Waals surface area contributed by atoms with Gasteiger partial charge in [0.25, 0.3) is 0 Å². The Morgan fingerprint density at radius 1 is 1.29 bits per heavy atom. The van der Waals surface area contributed by atoms with Crippen LogP contribution in [0.5, 0.6) is 0 Å². The van der Waals surface area contributed by atoms with Crippen LogP contribution in [0, 0.1) is 0 Å². The molecular formula is C13H26N4. The number of hydrogen-bond acceptors (Lipinski definition) is 3. The quantitative estimate of drug-likeness (QED) is 0.665. The average Bonchev–Trinajstić information content (AvgIpc) is 2.82. The number of aryl methyl sites for hydroxylation is 1. The molecule has 0 amide bonds. The van der Waals surface area contributed by atoms with Crippen molar-refractivity contribution in [3.63, 3.8) is 0 Å². The second-order valence-corrected chi connectivity index (χ2v) is 4.26. The third-order valence-corrected chi connectivity index (χ3v) is 3.06. The second-order valence-electron chi connectivity index (χ2n) is 4.26. The van der Waals surface area contributed by atoms with E-state index in [1.165, 1.54) is 18.5 Å². The van der Waals surface area contributed by atoms with Gasteiger partial charge in [0.1, 0.15) is 0 Å². The number of hydrogen-bond donors (Lipinski definition) is 1. The molecule has 0 aromatic carbocycles. The summed E-state index contributed by atoms with van der Waals surface area (Å²) in [5.74, 6) is 0. The SMILES string of the molecule is CCN(CC)CCCNCc1cnn(CC)c1. The van der Waals surface area contributed by atoms with E-state index in [4.69, 9.17) is 0 Å². The van der Waals surface area contributed by atoms with Crippen LogP contribution in [0.4, 0.5) is 0 Å². The summed E-state index contributed by atoms with van der Waals surface area (Å²) in [6.45, 7) is 13.0. The van der Waals surface area contributed by atoms with Gasteiger partial charge >= 0.3 is 0 Å². The van der Waals surface area contributed by atoms with E-state index in [1.807, 2.05) is 10.9 Å². The predicted octanol–water partition coefficient (Wildman–Crippen LogP) is 1.72. The highest BCUT2D eigenvalue weighted by atomic mass is 15.3. The highest BCUT2D eigenvalue weighted by molar-refractivity contribution is 5.02. The summed E-state index contributed by atoms with van der Waals surface area (Å²) in [4.78, 5) is 2.46. The molecule has 0 saturated heterocycles. The van der Waals surface area contributed by atoms with E-state index in [2.05, 4.69) is 42.3 Å². The van der Waals surface area contributed by atoms with Crippen LogP contribution >= 0.6 is 0 Å². The molecule has 0 radical (unpaired) electrons. The Hall–Kier alpha value is -0.870. The monoisotopic (exact) mass is 238 g/mol. The molecule has 1 N–H and O–H groups in total. The Labute approximate surface area is 105 Å². The Kier molecular flexibility index (Phi) is 6.89. The standard InChI is InChI=1S/C13H26N4/c1-4-16(5-2)9-7-8-14-10-13-11-15-17(6-3)12-13/h11-12,14H,4-10H2,1-3H3. The molecule has 0 atom stereocenters. The molecule has 17 heavy (non-hydrogen) atoms. The van der Waals surface area contributed by atoms with Crippen molar-refractivity contribution in [2.45, 2.75) is 40.3 Å². The normalized spacial score (nSPS) is 11.3. The lowest BCUT2D eigenvalue weighted by Gasteiger charge is -2.17. The second kappa shape index (κ2) is 8.25. The van der Waals surface area contributed by atoms with E-state index in [9.17, 15) is 0 Å². The van der Waals surface area contributed by atoms with E-state index >= 15 is 0 Å². The molecule has 1 heterocycles. The van der Waals surface area contributed by atoms with Gasteiger partial charge in [-0.3, -0.25) is 4.68 Å². The van der Waals surface area contributed by atoms with Gasteiger partial charge in [0, 0.05) is 24.8 Å². The van der Waals surface area contributed by atoms with Gasteiger partial charge in [0.05, 0.1) is 6.20 Å². The lowest BCUT2D eigenvalue weighted by Crippen LogP contribution is -2.27. The van der Waals surface area contributed by atoms with Crippen molar-refractivity contribution in [1.29, 1.82) is 0 Å². The first-order valence-corrected chi connectivity index (χ1v) is 6.74.